The minimum Gasteiger partial charge on any atom is -0.352 e. The Labute approximate surface area is 189 Å². The largest absolute Gasteiger partial charge is 0.352 e. The maximum atomic E-state index is 13.1. The topological polar surface area (TPSA) is 49.4 Å². The second-order valence-corrected chi connectivity index (χ2v) is 8.95. The zero-order valence-electron chi connectivity index (χ0n) is 17.9. The van der Waals surface area contributed by atoms with Crippen molar-refractivity contribution in [3.05, 3.63) is 70.7 Å². The fraction of sp³-hybridized carbons (Fsp3) is 0.417. The van der Waals surface area contributed by atoms with Gasteiger partial charge < -0.3 is 10.2 Å². The van der Waals surface area contributed by atoms with Crippen LogP contribution in [0.3, 0.4) is 0 Å². The van der Waals surface area contributed by atoms with Crippen LogP contribution in [0.1, 0.15) is 38.3 Å². The van der Waals surface area contributed by atoms with Crippen LogP contribution in [0.2, 0.25) is 5.02 Å². The normalized spacial score (nSPS) is 11.9. The number of thioether (sulfide) groups is 1. The zero-order chi connectivity index (χ0) is 21.9. The van der Waals surface area contributed by atoms with Crippen molar-refractivity contribution in [2.24, 2.45) is 0 Å². The first-order chi connectivity index (χ1) is 14.4. The molecule has 6 heteroatoms. The average Bonchev–Trinajstić information content (AvgIpc) is 2.71. The van der Waals surface area contributed by atoms with Crippen LogP contribution in [0.15, 0.2) is 54.6 Å². The molecular formula is C24H31ClN2O2S. The predicted molar refractivity (Wildman–Crippen MR) is 127 cm³/mol. The van der Waals surface area contributed by atoms with Crippen LogP contribution in [-0.4, -0.2) is 41.1 Å². The molecule has 0 saturated carbocycles. The summed E-state index contributed by atoms with van der Waals surface area (Å²) in [4.78, 5) is 27.6. The molecule has 0 radical (unpaired) electrons. The first-order valence-corrected chi connectivity index (χ1v) is 11.9. The highest BCUT2D eigenvalue weighted by molar-refractivity contribution is 7.99. The Hall–Kier alpha value is -1.98. The number of rotatable bonds is 11. The Morgan fingerprint density at radius 1 is 1.07 bits per heavy atom. The first kappa shape index (κ1) is 24.3. The molecule has 0 heterocycles. The predicted octanol–water partition coefficient (Wildman–Crippen LogP) is 4.95. The lowest BCUT2D eigenvalue weighted by Gasteiger charge is -2.31. The highest BCUT2D eigenvalue weighted by Gasteiger charge is 2.28. The van der Waals surface area contributed by atoms with Crippen LogP contribution in [-0.2, 0) is 21.8 Å². The second kappa shape index (κ2) is 12.7. The number of nitrogens with one attached hydrogen (secondary N) is 1. The summed E-state index contributed by atoms with van der Waals surface area (Å²) < 4.78 is 0. The van der Waals surface area contributed by atoms with E-state index in [0.29, 0.717) is 29.5 Å². The number of hydrogen-bond acceptors (Lipinski definition) is 3. The minimum absolute atomic E-state index is 0.0104. The molecule has 0 aliphatic heterocycles. The smallest absolute Gasteiger partial charge is 0.242 e. The van der Waals surface area contributed by atoms with E-state index in [1.807, 2.05) is 75.4 Å². The third-order valence-corrected chi connectivity index (χ3v) is 5.91. The van der Waals surface area contributed by atoms with E-state index in [4.69, 9.17) is 11.6 Å². The summed E-state index contributed by atoms with van der Waals surface area (Å²) in [5.74, 6) is 0.929. The Kier molecular flexibility index (Phi) is 10.2. The van der Waals surface area contributed by atoms with Gasteiger partial charge in [-0.05, 0) is 49.9 Å². The van der Waals surface area contributed by atoms with E-state index in [1.165, 1.54) is 0 Å². The molecule has 2 amide bonds. The molecule has 30 heavy (non-hydrogen) atoms. The Bertz CT molecular complexity index is 814. The van der Waals surface area contributed by atoms with Gasteiger partial charge in [0.1, 0.15) is 6.04 Å². The van der Waals surface area contributed by atoms with Crippen molar-refractivity contribution in [3.63, 3.8) is 0 Å². The monoisotopic (exact) mass is 446 g/mol. The second-order valence-electron chi connectivity index (χ2n) is 7.53. The van der Waals surface area contributed by atoms with Crippen LogP contribution in [0.25, 0.3) is 0 Å². The Morgan fingerprint density at radius 2 is 1.77 bits per heavy atom. The lowest BCUT2D eigenvalue weighted by Crippen LogP contribution is -2.51. The van der Waals surface area contributed by atoms with E-state index in [-0.39, 0.29) is 17.9 Å². The molecule has 0 aliphatic carbocycles. The van der Waals surface area contributed by atoms with Crippen molar-refractivity contribution < 1.29 is 9.59 Å². The summed E-state index contributed by atoms with van der Waals surface area (Å²) in [7, 11) is 0. The number of amides is 2. The molecule has 0 aliphatic rings. The van der Waals surface area contributed by atoms with Gasteiger partial charge in [-0.3, -0.25) is 9.59 Å². The van der Waals surface area contributed by atoms with Crippen LogP contribution in [0, 0.1) is 0 Å². The van der Waals surface area contributed by atoms with Crippen molar-refractivity contribution in [1.29, 1.82) is 0 Å². The van der Waals surface area contributed by atoms with E-state index in [1.54, 1.807) is 16.7 Å². The van der Waals surface area contributed by atoms with Gasteiger partial charge in [0.2, 0.25) is 11.8 Å². The van der Waals surface area contributed by atoms with Crippen LogP contribution in [0.4, 0.5) is 0 Å². The van der Waals surface area contributed by atoms with Crippen molar-refractivity contribution in [2.75, 3.05) is 12.3 Å². The van der Waals surface area contributed by atoms with Gasteiger partial charge in [-0.15, -0.1) is 11.8 Å². The zero-order valence-corrected chi connectivity index (χ0v) is 19.5. The number of benzene rings is 2. The molecule has 4 nitrogen and oxygen atoms in total. The van der Waals surface area contributed by atoms with Crippen LogP contribution >= 0.6 is 23.4 Å². The van der Waals surface area contributed by atoms with Gasteiger partial charge in [0.25, 0.3) is 0 Å². The highest BCUT2D eigenvalue weighted by atomic mass is 35.5. The first-order valence-electron chi connectivity index (χ1n) is 10.4. The third kappa shape index (κ3) is 8.04. The summed E-state index contributed by atoms with van der Waals surface area (Å²) in [6, 6.07) is 17.3. The third-order valence-electron chi connectivity index (χ3n) is 4.68. The van der Waals surface area contributed by atoms with Gasteiger partial charge in [-0.25, -0.2) is 0 Å². The molecule has 0 aromatic heterocycles. The molecule has 162 valence electrons. The fourth-order valence-corrected chi connectivity index (χ4v) is 4.31. The van der Waals surface area contributed by atoms with Crippen molar-refractivity contribution in [1.82, 2.24) is 10.2 Å². The lowest BCUT2D eigenvalue weighted by atomic mass is 10.1. The van der Waals surface area contributed by atoms with Gasteiger partial charge in [-0.2, -0.15) is 0 Å². The van der Waals surface area contributed by atoms with Gasteiger partial charge in [0.15, 0.2) is 0 Å². The maximum absolute atomic E-state index is 13.1. The van der Waals surface area contributed by atoms with Crippen molar-refractivity contribution in [2.45, 2.75) is 51.4 Å². The molecule has 2 rings (SSSR count). The fourth-order valence-electron chi connectivity index (χ4n) is 3.24. The molecule has 0 bridgehead atoms. The molecule has 0 fully saturated rings. The van der Waals surface area contributed by atoms with Gasteiger partial charge in [0.05, 0.1) is 5.75 Å². The summed E-state index contributed by atoms with van der Waals surface area (Å²) in [6.45, 7) is 6.33. The van der Waals surface area contributed by atoms with E-state index >= 15 is 0 Å². The van der Waals surface area contributed by atoms with E-state index in [2.05, 4.69) is 5.32 Å². The minimum atomic E-state index is -0.463. The molecule has 1 N–H and O–H groups in total. The van der Waals surface area contributed by atoms with Crippen molar-refractivity contribution in [3.8, 4) is 0 Å². The highest BCUT2D eigenvalue weighted by Crippen LogP contribution is 2.18. The molecule has 1 atom stereocenters. The molecule has 0 unspecified atom stereocenters. The summed E-state index contributed by atoms with van der Waals surface area (Å²) in [5.41, 5.74) is 2.24. The van der Waals surface area contributed by atoms with E-state index < -0.39 is 6.04 Å². The summed E-state index contributed by atoms with van der Waals surface area (Å²) >= 11 is 7.59. The van der Waals surface area contributed by atoms with Crippen LogP contribution in [0.5, 0.6) is 0 Å². The molecule has 0 spiro atoms. The van der Waals surface area contributed by atoms with E-state index in [9.17, 15) is 9.59 Å². The standard InChI is InChI=1S/C24H31ClN2O2S/c1-4-22(24(29)26-18(2)3)27(14-13-19-9-6-5-7-10-19)23(28)17-30-16-20-11-8-12-21(25)15-20/h5-12,15,18,22H,4,13-14,16-17H2,1-3H3,(H,26,29)/t22-/m1/s1. The summed E-state index contributed by atoms with van der Waals surface area (Å²) in [6.07, 6.45) is 1.30. The SMILES string of the molecule is CC[C@H](C(=O)NC(C)C)N(CCc1ccccc1)C(=O)CSCc1cccc(Cl)c1. The van der Waals surface area contributed by atoms with Crippen LogP contribution < -0.4 is 5.32 Å². The lowest BCUT2D eigenvalue weighted by molar-refractivity contribution is -0.139. The van der Waals surface area contributed by atoms with Gasteiger partial charge in [0, 0.05) is 23.4 Å². The van der Waals surface area contributed by atoms with Gasteiger partial charge in [-0.1, -0.05) is 61.0 Å². The quantitative estimate of drug-likeness (QED) is 0.531. The Balaban J connectivity index is 2.05. The maximum Gasteiger partial charge on any atom is 0.242 e. The molecule has 0 saturated heterocycles. The summed E-state index contributed by atoms with van der Waals surface area (Å²) in [5, 5.41) is 3.66. The van der Waals surface area contributed by atoms with E-state index in [0.717, 1.165) is 17.5 Å². The molecular weight excluding hydrogens is 416 g/mol. The molecule has 2 aromatic rings. The average molecular weight is 447 g/mol. The number of nitrogens with zero attached hydrogens (tertiary/aromatic N) is 1. The molecule has 2 aromatic carbocycles. The Morgan fingerprint density at radius 3 is 2.40 bits per heavy atom. The number of halogens is 1. The number of hydrogen-bond donors (Lipinski definition) is 1. The van der Waals surface area contributed by atoms with Crippen molar-refractivity contribution >= 4 is 35.2 Å². The number of carbonyl (C=O) groups excluding carboxylic acids is 2. The van der Waals surface area contributed by atoms with Gasteiger partial charge >= 0.3 is 0 Å². The number of carbonyl (C=O) groups is 2.